The van der Waals surface area contributed by atoms with Crippen molar-refractivity contribution in [3.05, 3.63) is 29.8 Å². The summed E-state index contributed by atoms with van der Waals surface area (Å²) >= 11 is 0. The fourth-order valence-electron chi connectivity index (χ4n) is 1.56. The molecule has 0 radical (unpaired) electrons. The standard InChI is InChI=1S/C12H15NO2/c14-12(15)10-3-5-11(6-4-10)13-8-7-9-1-2-9/h3-6,9,13H,1-2,7-8H2,(H,14,15). The average Bonchev–Trinajstić information content (AvgIpc) is 3.02. The van der Waals surface area contributed by atoms with E-state index < -0.39 is 5.97 Å². The molecule has 1 aliphatic carbocycles. The molecule has 80 valence electrons. The van der Waals surface area contributed by atoms with Gasteiger partial charge < -0.3 is 10.4 Å². The third-order valence-corrected chi connectivity index (χ3v) is 2.71. The van der Waals surface area contributed by atoms with Crippen LogP contribution in [0.1, 0.15) is 29.6 Å². The lowest BCUT2D eigenvalue weighted by molar-refractivity contribution is 0.0697. The van der Waals surface area contributed by atoms with Crippen molar-refractivity contribution >= 4 is 11.7 Å². The summed E-state index contributed by atoms with van der Waals surface area (Å²) in [6, 6.07) is 6.89. The van der Waals surface area contributed by atoms with Crippen LogP contribution in [-0.2, 0) is 0 Å². The highest BCUT2D eigenvalue weighted by Gasteiger charge is 2.19. The number of hydrogen-bond acceptors (Lipinski definition) is 2. The maximum absolute atomic E-state index is 10.6. The fourth-order valence-corrected chi connectivity index (χ4v) is 1.56. The highest BCUT2D eigenvalue weighted by atomic mass is 16.4. The SMILES string of the molecule is O=C(O)c1ccc(NCCC2CC2)cc1. The Hall–Kier alpha value is -1.51. The van der Waals surface area contributed by atoms with Gasteiger partial charge in [0.05, 0.1) is 5.56 Å². The van der Waals surface area contributed by atoms with Crippen LogP contribution in [0.2, 0.25) is 0 Å². The molecule has 0 aromatic heterocycles. The molecule has 0 heterocycles. The van der Waals surface area contributed by atoms with Crippen LogP contribution in [0.15, 0.2) is 24.3 Å². The van der Waals surface area contributed by atoms with Crippen LogP contribution in [0.4, 0.5) is 5.69 Å². The summed E-state index contributed by atoms with van der Waals surface area (Å²) in [7, 11) is 0. The molecule has 0 spiro atoms. The van der Waals surface area contributed by atoms with E-state index in [4.69, 9.17) is 5.11 Å². The minimum Gasteiger partial charge on any atom is -0.478 e. The van der Waals surface area contributed by atoms with E-state index in [1.807, 2.05) is 12.1 Å². The number of anilines is 1. The van der Waals surface area contributed by atoms with E-state index in [9.17, 15) is 4.79 Å². The molecule has 1 aromatic rings. The van der Waals surface area contributed by atoms with E-state index in [1.54, 1.807) is 12.1 Å². The van der Waals surface area contributed by atoms with Crippen molar-refractivity contribution in [1.29, 1.82) is 0 Å². The summed E-state index contributed by atoms with van der Waals surface area (Å²) in [4.78, 5) is 10.6. The van der Waals surface area contributed by atoms with Crippen LogP contribution >= 0.6 is 0 Å². The first-order valence-electron chi connectivity index (χ1n) is 5.33. The number of benzene rings is 1. The third kappa shape index (κ3) is 2.98. The molecule has 0 atom stereocenters. The number of aromatic carboxylic acids is 1. The predicted octanol–water partition coefficient (Wildman–Crippen LogP) is 2.60. The number of carboxylic acids is 1. The monoisotopic (exact) mass is 205 g/mol. The molecule has 0 saturated heterocycles. The van der Waals surface area contributed by atoms with Crippen molar-refractivity contribution in [3.8, 4) is 0 Å². The Labute approximate surface area is 89.1 Å². The summed E-state index contributed by atoms with van der Waals surface area (Å²) in [5.41, 5.74) is 1.34. The summed E-state index contributed by atoms with van der Waals surface area (Å²) < 4.78 is 0. The van der Waals surface area contributed by atoms with Gasteiger partial charge in [-0.3, -0.25) is 0 Å². The molecule has 3 heteroatoms. The predicted molar refractivity (Wildman–Crippen MR) is 59.2 cm³/mol. The van der Waals surface area contributed by atoms with E-state index >= 15 is 0 Å². The largest absolute Gasteiger partial charge is 0.478 e. The zero-order chi connectivity index (χ0) is 10.7. The van der Waals surface area contributed by atoms with Crippen LogP contribution in [0, 0.1) is 5.92 Å². The van der Waals surface area contributed by atoms with Gasteiger partial charge in [-0.2, -0.15) is 0 Å². The summed E-state index contributed by atoms with van der Waals surface area (Å²) in [6.45, 7) is 0.983. The maximum atomic E-state index is 10.6. The quantitative estimate of drug-likeness (QED) is 0.776. The Bertz CT molecular complexity index is 341. The second-order valence-corrected chi connectivity index (χ2v) is 4.04. The topological polar surface area (TPSA) is 49.3 Å². The highest BCUT2D eigenvalue weighted by Crippen LogP contribution is 2.32. The first-order chi connectivity index (χ1) is 7.25. The molecule has 3 nitrogen and oxygen atoms in total. The van der Waals surface area contributed by atoms with Crippen molar-refractivity contribution in [2.45, 2.75) is 19.3 Å². The molecule has 2 N–H and O–H groups in total. The Morgan fingerprint density at radius 2 is 2.00 bits per heavy atom. The Kier molecular flexibility index (Phi) is 2.90. The maximum Gasteiger partial charge on any atom is 0.335 e. The van der Waals surface area contributed by atoms with E-state index in [0.717, 1.165) is 18.2 Å². The van der Waals surface area contributed by atoms with Gasteiger partial charge in [0.25, 0.3) is 0 Å². The third-order valence-electron chi connectivity index (χ3n) is 2.71. The summed E-state index contributed by atoms with van der Waals surface area (Å²) in [6.07, 6.45) is 3.97. The summed E-state index contributed by atoms with van der Waals surface area (Å²) in [5, 5.41) is 12.0. The molecule has 15 heavy (non-hydrogen) atoms. The van der Waals surface area contributed by atoms with Crippen molar-refractivity contribution < 1.29 is 9.90 Å². The van der Waals surface area contributed by atoms with Gasteiger partial charge in [0.15, 0.2) is 0 Å². The van der Waals surface area contributed by atoms with Crippen LogP contribution in [-0.4, -0.2) is 17.6 Å². The number of rotatable bonds is 5. The second kappa shape index (κ2) is 4.34. The molecular formula is C12H15NO2. The molecular weight excluding hydrogens is 190 g/mol. The van der Waals surface area contributed by atoms with Gasteiger partial charge in [-0.25, -0.2) is 4.79 Å². The molecule has 0 amide bonds. The van der Waals surface area contributed by atoms with Crippen LogP contribution in [0.5, 0.6) is 0 Å². The van der Waals surface area contributed by atoms with Crippen molar-refractivity contribution in [3.63, 3.8) is 0 Å². The second-order valence-electron chi connectivity index (χ2n) is 4.04. The fraction of sp³-hybridized carbons (Fsp3) is 0.417. The Morgan fingerprint density at radius 3 is 2.53 bits per heavy atom. The normalized spacial score (nSPS) is 14.9. The van der Waals surface area contributed by atoms with Gasteiger partial charge >= 0.3 is 5.97 Å². The van der Waals surface area contributed by atoms with Crippen molar-refractivity contribution in [1.82, 2.24) is 0 Å². The minimum absolute atomic E-state index is 0.336. The smallest absolute Gasteiger partial charge is 0.335 e. The van der Waals surface area contributed by atoms with E-state index in [2.05, 4.69) is 5.32 Å². The molecule has 0 bridgehead atoms. The molecule has 0 unspecified atom stereocenters. The Morgan fingerprint density at radius 1 is 1.33 bits per heavy atom. The lowest BCUT2D eigenvalue weighted by Gasteiger charge is -2.05. The van der Waals surface area contributed by atoms with Crippen LogP contribution in [0.3, 0.4) is 0 Å². The van der Waals surface area contributed by atoms with Gasteiger partial charge in [0, 0.05) is 12.2 Å². The van der Waals surface area contributed by atoms with Gasteiger partial charge in [-0.1, -0.05) is 12.8 Å². The summed E-state index contributed by atoms with van der Waals surface area (Å²) in [5.74, 6) is 0.0512. The minimum atomic E-state index is -0.875. The molecule has 2 rings (SSSR count). The first kappa shape index (κ1) is 10.0. The van der Waals surface area contributed by atoms with Gasteiger partial charge in [-0.05, 0) is 36.6 Å². The first-order valence-corrected chi connectivity index (χ1v) is 5.33. The van der Waals surface area contributed by atoms with Gasteiger partial charge in [-0.15, -0.1) is 0 Å². The van der Waals surface area contributed by atoms with Crippen LogP contribution < -0.4 is 5.32 Å². The number of carboxylic acid groups (broad SMARTS) is 1. The zero-order valence-corrected chi connectivity index (χ0v) is 8.57. The van der Waals surface area contributed by atoms with Crippen molar-refractivity contribution in [2.75, 3.05) is 11.9 Å². The molecule has 1 aromatic carbocycles. The van der Waals surface area contributed by atoms with Gasteiger partial charge in [0.1, 0.15) is 0 Å². The van der Waals surface area contributed by atoms with Crippen LogP contribution in [0.25, 0.3) is 0 Å². The number of hydrogen-bond donors (Lipinski definition) is 2. The molecule has 1 saturated carbocycles. The van der Waals surface area contributed by atoms with E-state index in [-0.39, 0.29) is 0 Å². The highest BCUT2D eigenvalue weighted by molar-refractivity contribution is 5.87. The average molecular weight is 205 g/mol. The van der Waals surface area contributed by atoms with Gasteiger partial charge in [0.2, 0.25) is 0 Å². The zero-order valence-electron chi connectivity index (χ0n) is 8.57. The Balaban J connectivity index is 1.83. The van der Waals surface area contributed by atoms with Crippen molar-refractivity contribution in [2.24, 2.45) is 5.92 Å². The number of carbonyl (C=O) groups is 1. The molecule has 1 fully saturated rings. The lowest BCUT2D eigenvalue weighted by Crippen LogP contribution is -2.03. The van der Waals surface area contributed by atoms with E-state index in [0.29, 0.717) is 5.56 Å². The van der Waals surface area contributed by atoms with E-state index in [1.165, 1.54) is 19.3 Å². The molecule has 0 aliphatic heterocycles. The molecule has 1 aliphatic rings. The number of nitrogens with one attached hydrogen (secondary N) is 1. The lowest BCUT2D eigenvalue weighted by atomic mass is 10.2.